The van der Waals surface area contributed by atoms with Gasteiger partial charge in [-0.2, -0.15) is 4.31 Å². The third-order valence-corrected chi connectivity index (χ3v) is 12.0. The van der Waals surface area contributed by atoms with Crippen LogP contribution >= 0.6 is 10.8 Å². The summed E-state index contributed by atoms with van der Waals surface area (Å²) in [6.07, 6.45) is 4.11. The minimum Gasteiger partial charge on any atom is -0.487 e. The molecule has 6 rings (SSSR count). The van der Waals surface area contributed by atoms with Crippen molar-refractivity contribution in [1.82, 2.24) is 34.6 Å². The third kappa shape index (κ3) is 8.08. The number of para-hydroxylation sites is 1. The molecule has 0 saturated heterocycles. The zero-order valence-corrected chi connectivity index (χ0v) is 32.9. The monoisotopic (exact) mass is 757 g/mol. The maximum absolute atomic E-state index is 13.9. The van der Waals surface area contributed by atoms with Crippen molar-refractivity contribution in [3.8, 4) is 11.8 Å². The van der Waals surface area contributed by atoms with E-state index in [-0.39, 0.29) is 30.5 Å². The molecule has 3 aromatic carbocycles. The topological polar surface area (TPSA) is 157 Å². The van der Waals surface area contributed by atoms with E-state index in [0.717, 1.165) is 38.9 Å². The molecule has 14 heteroatoms. The molecule has 2 aromatic heterocycles. The Morgan fingerprint density at radius 1 is 1.07 bits per heavy atom. The highest BCUT2D eigenvalue weighted by Gasteiger charge is 2.38. The smallest absolute Gasteiger partial charge is 0.316 e. The molecule has 0 saturated carbocycles. The van der Waals surface area contributed by atoms with E-state index in [0.29, 0.717) is 55.4 Å². The summed E-state index contributed by atoms with van der Waals surface area (Å²) in [5.41, 5.74) is 5.99. The van der Waals surface area contributed by atoms with Gasteiger partial charge in [-0.25, -0.2) is 14.6 Å². The lowest BCUT2D eigenvalue weighted by Crippen LogP contribution is -2.48. The summed E-state index contributed by atoms with van der Waals surface area (Å²) in [6.45, 7) is 14.4. The fourth-order valence-electron chi connectivity index (χ4n) is 7.08. The summed E-state index contributed by atoms with van der Waals surface area (Å²) in [5.74, 6) is -0.199. The standard InChI is InChI=1S/C40H51N7O6S/c1-8-31-25-46(54(49,50)35-14-11-10-13-34(35)53-31)24-29-21-28(16-15-26(29)3)36(32-17-18-33-37(27(32)4)44-45-47(33)9-2)40(5,6)43-38(48)30-22-41-39(42-23-30)52-20-12-19-51-7/h10-11,13-18,21-23,31,36,49-50H,8-9,12,19-20,24-25H2,1-7H3,(H,43,48)/t31?,36-/m0/s1. The number of aryl methyl sites for hydroxylation is 3. The Balaban J connectivity index is 1.37. The molecule has 3 N–H and O–H groups in total. The molecule has 288 valence electrons. The van der Waals surface area contributed by atoms with Gasteiger partial charge in [0.05, 0.1) is 24.2 Å². The molecule has 54 heavy (non-hydrogen) atoms. The first-order valence-electron chi connectivity index (χ1n) is 18.3. The number of amides is 1. The minimum atomic E-state index is -3.37. The van der Waals surface area contributed by atoms with Gasteiger partial charge in [-0.15, -0.1) is 15.9 Å². The first-order valence-corrected chi connectivity index (χ1v) is 19.9. The normalized spacial score (nSPS) is 16.9. The van der Waals surface area contributed by atoms with Crippen LogP contribution in [0, 0.1) is 13.8 Å². The predicted molar refractivity (Wildman–Crippen MR) is 209 cm³/mol. The largest absolute Gasteiger partial charge is 0.487 e. The Hall–Kier alpha value is -4.60. The van der Waals surface area contributed by atoms with Gasteiger partial charge in [0.25, 0.3) is 5.91 Å². The second kappa shape index (κ2) is 16.4. The molecule has 0 aliphatic carbocycles. The molecule has 0 bridgehead atoms. The Morgan fingerprint density at radius 3 is 2.56 bits per heavy atom. The molecule has 13 nitrogen and oxygen atoms in total. The van der Waals surface area contributed by atoms with Gasteiger partial charge in [0, 0.05) is 57.1 Å². The van der Waals surface area contributed by atoms with Gasteiger partial charge in [-0.1, -0.05) is 48.5 Å². The SMILES string of the molecule is CCC1CN(Cc2cc([C@@H](c3ccc4c(nnn4CC)c3C)C(C)(C)NC(=O)c3cnc(OCCCOC)nc3)ccc2C)S(O)(O)c2ccccc2O1. The quantitative estimate of drug-likeness (QED) is 0.0976. The van der Waals surface area contributed by atoms with E-state index >= 15 is 0 Å². The van der Waals surface area contributed by atoms with Crippen LogP contribution < -0.4 is 14.8 Å². The molecule has 1 aliphatic rings. The van der Waals surface area contributed by atoms with E-state index in [1.807, 2.05) is 58.4 Å². The molecule has 2 atom stereocenters. The van der Waals surface area contributed by atoms with Crippen molar-refractivity contribution in [3.05, 3.63) is 100 Å². The lowest BCUT2D eigenvalue weighted by atomic mass is 9.74. The number of carbonyl (C=O) groups excluding carboxylic acids is 1. The highest BCUT2D eigenvalue weighted by molar-refractivity contribution is 8.22. The summed E-state index contributed by atoms with van der Waals surface area (Å²) in [5, 5.41) is 12.2. The van der Waals surface area contributed by atoms with E-state index in [9.17, 15) is 13.9 Å². The van der Waals surface area contributed by atoms with Crippen molar-refractivity contribution in [3.63, 3.8) is 0 Å². The van der Waals surface area contributed by atoms with Gasteiger partial charge in [0.15, 0.2) is 0 Å². The zero-order chi connectivity index (χ0) is 38.6. The van der Waals surface area contributed by atoms with E-state index in [1.54, 1.807) is 29.6 Å². The van der Waals surface area contributed by atoms with Crippen LogP contribution in [0.1, 0.15) is 84.6 Å². The Morgan fingerprint density at radius 2 is 1.83 bits per heavy atom. The number of hydrogen-bond donors (Lipinski definition) is 3. The summed E-state index contributed by atoms with van der Waals surface area (Å²) >= 11 is 0. The van der Waals surface area contributed by atoms with Gasteiger partial charge in [-0.05, 0) is 87.1 Å². The molecule has 1 aliphatic heterocycles. The highest BCUT2D eigenvalue weighted by atomic mass is 32.3. The Bertz CT molecular complexity index is 2090. The number of nitrogens with zero attached hydrogens (tertiary/aromatic N) is 6. The molecule has 1 unspecified atom stereocenters. The van der Waals surface area contributed by atoms with Crippen molar-refractivity contribution in [1.29, 1.82) is 0 Å². The van der Waals surface area contributed by atoms with E-state index in [2.05, 4.69) is 49.9 Å². The lowest BCUT2D eigenvalue weighted by molar-refractivity contribution is 0.0904. The number of aromatic nitrogens is 5. The lowest BCUT2D eigenvalue weighted by Gasteiger charge is -2.42. The van der Waals surface area contributed by atoms with Crippen molar-refractivity contribution in [2.75, 3.05) is 26.9 Å². The molecule has 0 radical (unpaired) electrons. The molecule has 3 heterocycles. The average Bonchev–Trinajstić information content (AvgIpc) is 3.55. The Kier molecular flexibility index (Phi) is 11.9. The number of rotatable bonds is 14. The van der Waals surface area contributed by atoms with Crippen LogP contribution in [0.4, 0.5) is 0 Å². The van der Waals surface area contributed by atoms with Crippen LogP contribution in [0.2, 0.25) is 0 Å². The third-order valence-electron chi connectivity index (χ3n) is 10.1. The van der Waals surface area contributed by atoms with Crippen LogP contribution in [-0.4, -0.2) is 82.8 Å². The van der Waals surface area contributed by atoms with Crippen LogP contribution in [0.5, 0.6) is 11.8 Å². The van der Waals surface area contributed by atoms with Crippen LogP contribution in [0.25, 0.3) is 11.0 Å². The molecule has 5 aromatic rings. The Labute approximate surface area is 318 Å². The van der Waals surface area contributed by atoms with Crippen molar-refractivity contribution in [2.45, 2.75) is 89.9 Å². The first-order chi connectivity index (χ1) is 25.9. The highest BCUT2D eigenvalue weighted by Crippen LogP contribution is 2.57. The number of nitrogens with one attached hydrogen (secondary N) is 1. The summed E-state index contributed by atoms with van der Waals surface area (Å²) in [4.78, 5) is 22.8. The van der Waals surface area contributed by atoms with Gasteiger partial charge in [-0.3, -0.25) is 13.9 Å². The molecular formula is C40H51N7O6S. The molecule has 0 fully saturated rings. The fourth-order valence-corrected chi connectivity index (χ4v) is 8.70. The number of carbonyl (C=O) groups is 1. The molecule has 0 spiro atoms. The maximum Gasteiger partial charge on any atom is 0.316 e. The van der Waals surface area contributed by atoms with Crippen molar-refractivity contribution < 1.29 is 28.1 Å². The number of hydrogen-bond acceptors (Lipinski definition) is 11. The second-order valence-corrected chi connectivity index (χ2v) is 16.2. The van der Waals surface area contributed by atoms with Crippen LogP contribution in [-0.2, 0) is 17.8 Å². The number of benzene rings is 3. The van der Waals surface area contributed by atoms with Gasteiger partial charge in [0.1, 0.15) is 22.3 Å². The number of fused-ring (bicyclic) bond motifs is 2. The number of ether oxygens (including phenoxy) is 3. The summed E-state index contributed by atoms with van der Waals surface area (Å²) in [7, 11) is -1.74. The van der Waals surface area contributed by atoms with Gasteiger partial charge < -0.3 is 19.5 Å². The number of methoxy groups -OCH3 is 1. The summed E-state index contributed by atoms with van der Waals surface area (Å²) < 4.78 is 44.1. The molecular weight excluding hydrogens is 707 g/mol. The second-order valence-electron chi connectivity index (χ2n) is 14.2. The van der Waals surface area contributed by atoms with Gasteiger partial charge in [0.2, 0.25) is 0 Å². The van der Waals surface area contributed by atoms with E-state index in [1.165, 1.54) is 12.4 Å². The average molecular weight is 758 g/mol. The van der Waals surface area contributed by atoms with Crippen LogP contribution in [0.15, 0.2) is 71.9 Å². The van der Waals surface area contributed by atoms with E-state index < -0.39 is 16.3 Å². The minimum absolute atomic E-state index is 0.192. The molecule has 1 amide bonds. The maximum atomic E-state index is 13.9. The van der Waals surface area contributed by atoms with E-state index in [4.69, 9.17) is 14.2 Å². The van der Waals surface area contributed by atoms with Crippen molar-refractivity contribution >= 4 is 27.7 Å². The van der Waals surface area contributed by atoms with Crippen molar-refractivity contribution in [2.24, 2.45) is 0 Å². The van der Waals surface area contributed by atoms with Gasteiger partial charge >= 0.3 is 6.01 Å². The zero-order valence-electron chi connectivity index (χ0n) is 32.1. The van der Waals surface area contributed by atoms with Crippen LogP contribution in [0.3, 0.4) is 0 Å². The predicted octanol–water partition coefficient (Wildman–Crippen LogP) is 7.31. The first kappa shape index (κ1) is 39.1. The summed E-state index contributed by atoms with van der Waals surface area (Å²) in [6, 6.07) is 17.7. The fraction of sp³-hybridized carbons (Fsp3) is 0.425.